The van der Waals surface area contributed by atoms with Crippen LogP contribution in [-0.2, 0) is 19.6 Å². The number of amides is 2. The number of piperazine rings is 1. The van der Waals surface area contributed by atoms with Gasteiger partial charge in [-0.2, -0.15) is 4.31 Å². The lowest BCUT2D eigenvalue weighted by Crippen LogP contribution is -2.59. The van der Waals surface area contributed by atoms with Crippen LogP contribution in [0.2, 0.25) is 0 Å². The lowest BCUT2D eigenvalue weighted by atomic mass is 9.84. The van der Waals surface area contributed by atoms with Crippen LogP contribution in [0.25, 0.3) is 0 Å². The van der Waals surface area contributed by atoms with E-state index in [1.54, 1.807) is 36.2 Å². The lowest BCUT2D eigenvalue weighted by Gasteiger charge is -2.39. The van der Waals surface area contributed by atoms with Crippen molar-refractivity contribution in [3.05, 3.63) is 41.0 Å². The number of nitrogens with zero attached hydrogens (tertiary/aromatic N) is 3. The van der Waals surface area contributed by atoms with Gasteiger partial charge in [-0.15, -0.1) is 0 Å². The highest BCUT2D eigenvalue weighted by Crippen LogP contribution is 2.30. The second kappa shape index (κ2) is 12.1. The molecule has 8 nitrogen and oxygen atoms in total. The van der Waals surface area contributed by atoms with Gasteiger partial charge >= 0.3 is 0 Å². The second-order valence-corrected chi connectivity index (χ2v) is 11.7. The molecule has 0 radical (unpaired) electrons. The summed E-state index contributed by atoms with van der Waals surface area (Å²) in [5.41, 5.74) is 0. The number of carbonyl (C=O) groups is 2. The van der Waals surface area contributed by atoms with E-state index >= 15 is 0 Å². The summed E-state index contributed by atoms with van der Waals surface area (Å²) in [5, 5.41) is 2.82. The average molecular weight is 554 g/mol. The van der Waals surface area contributed by atoms with Gasteiger partial charge in [0.05, 0.1) is 11.4 Å². The molecule has 0 spiro atoms. The number of hydrogen-bond donors (Lipinski definition) is 1. The van der Waals surface area contributed by atoms with E-state index in [4.69, 9.17) is 0 Å². The molecular weight excluding hydrogens is 520 g/mol. The smallest absolute Gasteiger partial charge is 0.248 e. The maximum Gasteiger partial charge on any atom is 0.248 e. The van der Waals surface area contributed by atoms with Gasteiger partial charge < -0.3 is 10.2 Å². The molecule has 1 aliphatic carbocycles. The molecule has 1 aromatic carbocycles. The van der Waals surface area contributed by atoms with Crippen molar-refractivity contribution < 1.29 is 18.0 Å². The number of allylic oxidation sites excluding steroid dienone is 1. The molecule has 1 aromatic rings. The Bertz CT molecular complexity index is 1030. The molecule has 1 saturated carbocycles. The Labute approximate surface area is 210 Å². The third-order valence-electron chi connectivity index (χ3n) is 6.36. The SMILES string of the molecule is C/C=C\N=C(C)NC(=O)[C@H](CC1CCCCC1)N1CCN(S(=O)(=O)c2ccc(Br)cc2)CC1=O. The fraction of sp³-hybridized carbons (Fsp3) is 0.542. The van der Waals surface area contributed by atoms with Crippen molar-refractivity contribution in [3.63, 3.8) is 0 Å². The number of sulfonamides is 1. The number of amidine groups is 1. The third-order valence-corrected chi connectivity index (χ3v) is 8.74. The monoisotopic (exact) mass is 552 g/mol. The van der Waals surface area contributed by atoms with Crippen molar-refractivity contribution in [2.75, 3.05) is 19.6 Å². The van der Waals surface area contributed by atoms with Crippen LogP contribution >= 0.6 is 15.9 Å². The summed E-state index contributed by atoms with van der Waals surface area (Å²) < 4.78 is 28.1. The van der Waals surface area contributed by atoms with E-state index in [-0.39, 0.29) is 36.3 Å². The molecule has 2 aliphatic rings. The molecule has 1 atom stereocenters. The Balaban J connectivity index is 1.76. The molecule has 2 amide bonds. The van der Waals surface area contributed by atoms with E-state index < -0.39 is 16.1 Å². The first kappa shape index (κ1) is 26.6. The highest BCUT2D eigenvalue weighted by atomic mass is 79.9. The Morgan fingerprint density at radius 1 is 1.21 bits per heavy atom. The van der Waals surface area contributed by atoms with Crippen molar-refractivity contribution in [1.82, 2.24) is 14.5 Å². The predicted octanol–water partition coefficient (Wildman–Crippen LogP) is 3.69. The van der Waals surface area contributed by atoms with Gasteiger partial charge in [0.15, 0.2) is 0 Å². The van der Waals surface area contributed by atoms with Crippen LogP contribution in [0.1, 0.15) is 52.4 Å². The number of rotatable bonds is 7. The van der Waals surface area contributed by atoms with Gasteiger partial charge in [-0.3, -0.25) is 9.59 Å². The van der Waals surface area contributed by atoms with Gasteiger partial charge in [-0.05, 0) is 50.5 Å². The third kappa shape index (κ3) is 6.76. The summed E-state index contributed by atoms with van der Waals surface area (Å²) in [6.07, 6.45) is 9.50. The first-order valence-corrected chi connectivity index (χ1v) is 14.0. The minimum Gasteiger partial charge on any atom is -0.328 e. The Kier molecular flexibility index (Phi) is 9.44. The number of carbonyl (C=O) groups excluding carboxylic acids is 2. The fourth-order valence-electron chi connectivity index (χ4n) is 4.55. The fourth-order valence-corrected chi connectivity index (χ4v) is 6.19. The summed E-state index contributed by atoms with van der Waals surface area (Å²) in [5.74, 6) is 0.204. The normalized spacial score (nSPS) is 20.0. The first-order valence-electron chi connectivity index (χ1n) is 11.7. The quantitative estimate of drug-likeness (QED) is 0.411. The number of nitrogens with one attached hydrogen (secondary N) is 1. The summed E-state index contributed by atoms with van der Waals surface area (Å²) in [6, 6.07) is 5.70. The van der Waals surface area contributed by atoms with Crippen molar-refractivity contribution in [2.24, 2.45) is 10.9 Å². The molecule has 0 bridgehead atoms. The average Bonchev–Trinajstić information content (AvgIpc) is 2.82. The molecule has 10 heteroatoms. The molecule has 1 N–H and O–H groups in total. The van der Waals surface area contributed by atoms with Gasteiger partial charge in [-0.1, -0.05) is 54.1 Å². The Hall–Kier alpha value is -2.04. The van der Waals surface area contributed by atoms with Crippen molar-refractivity contribution in [1.29, 1.82) is 0 Å². The summed E-state index contributed by atoms with van der Waals surface area (Å²) >= 11 is 3.31. The second-order valence-electron chi connectivity index (χ2n) is 8.82. The highest BCUT2D eigenvalue weighted by Gasteiger charge is 2.39. The summed E-state index contributed by atoms with van der Waals surface area (Å²) in [6.45, 7) is 3.58. The van der Waals surface area contributed by atoms with Crippen LogP contribution in [0.3, 0.4) is 0 Å². The van der Waals surface area contributed by atoms with Gasteiger partial charge in [0.1, 0.15) is 11.9 Å². The number of halogens is 1. The van der Waals surface area contributed by atoms with Crippen LogP contribution in [0.5, 0.6) is 0 Å². The maximum absolute atomic E-state index is 13.2. The zero-order valence-electron chi connectivity index (χ0n) is 19.7. The van der Waals surface area contributed by atoms with Crippen molar-refractivity contribution in [2.45, 2.75) is 63.3 Å². The van der Waals surface area contributed by atoms with Crippen LogP contribution in [-0.4, -0.2) is 60.9 Å². The number of hydrogen-bond acceptors (Lipinski definition) is 5. The minimum absolute atomic E-state index is 0.143. The largest absolute Gasteiger partial charge is 0.328 e. The Morgan fingerprint density at radius 2 is 1.88 bits per heavy atom. The maximum atomic E-state index is 13.2. The molecule has 0 aromatic heterocycles. The first-order chi connectivity index (χ1) is 16.2. The molecule has 1 saturated heterocycles. The van der Waals surface area contributed by atoms with E-state index in [9.17, 15) is 18.0 Å². The molecule has 3 rings (SSSR count). The van der Waals surface area contributed by atoms with Gasteiger partial charge in [0.2, 0.25) is 21.8 Å². The topological polar surface area (TPSA) is 99.2 Å². The predicted molar refractivity (Wildman–Crippen MR) is 136 cm³/mol. The summed E-state index contributed by atoms with van der Waals surface area (Å²) in [4.78, 5) is 32.3. The zero-order chi connectivity index (χ0) is 24.7. The van der Waals surface area contributed by atoms with E-state index in [1.807, 2.05) is 6.92 Å². The van der Waals surface area contributed by atoms with Crippen LogP contribution in [0.4, 0.5) is 0 Å². The van der Waals surface area contributed by atoms with Crippen molar-refractivity contribution >= 4 is 43.6 Å². The van der Waals surface area contributed by atoms with E-state index in [0.29, 0.717) is 18.2 Å². The van der Waals surface area contributed by atoms with E-state index in [1.165, 1.54) is 22.9 Å². The number of aliphatic imine (C=N–C) groups is 1. The van der Waals surface area contributed by atoms with Crippen LogP contribution in [0, 0.1) is 5.92 Å². The van der Waals surface area contributed by atoms with E-state index in [2.05, 4.69) is 26.2 Å². The molecule has 2 fully saturated rings. The van der Waals surface area contributed by atoms with E-state index in [0.717, 1.165) is 30.2 Å². The van der Waals surface area contributed by atoms with Crippen molar-refractivity contribution in [3.8, 4) is 0 Å². The molecule has 1 heterocycles. The van der Waals surface area contributed by atoms with Crippen LogP contribution in [0.15, 0.2) is 50.9 Å². The standard InChI is InChI=1S/C24H33BrN4O4S/c1-3-13-26-18(2)27-24(31)22(16-19-7-5-4-6-8-19)29-15-14-28(17-23(29)30)34(32,33)21-11-9-20(25)10-12-21/h3,9-13,19,22H,4-8,14-17H2,1-2H3,(H,26,27,31)/b13-3-/t22-/m0/s1. The molecule has 186 valence electrons. The van der Waals surface area contributed by atoms with Gasteiger partial charge in [0, 0.05) is 23.8 Å². The highest BCUT2D eigenvalue weighted by molar-refractivity contribution is 9.10. The minimum atomic E-state index is -3.80. The van der Waals surface area contributed by atoms with Crippen LogP contribution < -0.4 is 5.32 Å². The lowest BCUT2D eigenvalue weighted by molar-refractivity contribution is -0.143. The van der Waals surface area contributed by atoms with Gasteiger partial charge in [0.25, 0.3) is 0 Å². The number of benzene rings is 1. The molecular formula is C24H33BrN4O4S. The summed E-state index contributed by atoms with van der Waals surface area (Å²) in [7, 11) is -3.80. The zero-order valence-corrected chi connectivity index (χ0v) is 22.1. The molecule has 34 heavy (non-hydrogen) atoms. The Morgan fingerprint density at radius 3 is 2.50 bits per heavy atom. The molecule has 0 unspecified atom stereocenters. The van der Waals surface area contributed by atoms with Gasteiger partial charge in [-0.25, -0.2) is 13.4 Å². The molecule has 1 aliphatic heterocycles.